The highest BCUT2D eigenvalue weighted by Gasteiger charge is 2.18. The lowest BCUT2D eigenvalue weighted by Gasteiger charge is -2.10. The molecule has 0 saturated heterocycles. The second-order valence-electron chi connectivity index (χ2n) is 10.2. The minimum atomic E-state index is 0.375. The van der Waals surface area contributed by atoms with Gasteiger partial charge in [0.1, 0.15) is 17.6 Å². The van der Waals surface area contributed by atoms with Gasteiger partial charge in [0.25, 0.3) is 0 Å². The molecule has 2 aromatic carbocycles. The van der Waals surface area contributed by atoms with Crippen LogP contribution in [0.15, 0.2) is 110 Å². The third-order valence-electron chi connectivity index (χ3n) is 7.20. The zero-order valence-electron chi connectivity index (χ0n) is 24.3. The SMILES string of the molecule is CNc1ccc2nc(C)ccc2c1.Nc1ncccc1-c1nc2cc(-c3cccnc3)cnc2n1-c1ccc(CC=O)cc1. The maximum atomic E-state index is 10.8. The summed E-state index contributed by atoms with van der Waals surface area (Å²) in [5.74, 6) is 1.05. The number of nitrogen functional groups attached to an aromatic ring is 1. The van der Waals surface area contributed by atoms with Gasteiger partial charge >= 0.3 is 0 Å². The molecule has 0 unspecified atom stereocenters. The van der Waals surface area contributed by atoms with E-state index in [0.717, 1.165) is 56.6 Å². The monoisotopic (exact) mass is 578 g/mol. The number of nitrogens with zero attached hydrogens (tertiary/aromatic N) is 6. The number of rotatable bonds is 6. The highest BCUT2D eigenvalue weighted by atomic mass is 16.1. The Morgan fingerprint density at radius 3 is 2.43 bits per heavy atom. The molecule has 0 aliphatic rings. The van der Waals surface area contributed by atoms with Crippen molar-refractivity contribution in [1.29, 1.82) is 0 Å². The second-order valence-corrected chi connectivity index (χ2v) is 10.2. The van der Waals surface area contributed by atoms with E-state index < -0.39 is 0 Å². The molecule has 44 heavy (non-hydrogen) atoms. The summed E-state index contributed by atoms with van der Waals surface area (Å²) in [6, 6.07) is 27.6. The Labute approximate surface area is 254 Å². The van der Waals surface area contributed by atoms with Crippen molar-refractivity contribution in [3.05, 3.63) is 121 Å². The first-order chi connectivity index (χ1) is 21.5. The molecule has 9 nitrogen and oxygen atoms in total. The topological polar surface area (TPSA) is 124 Å². The number of hydrogen-bond donors (Lipinski definition) is 2. The van der Waals surface area contributed by atoms with Gasteiger partial charge in [0.2, 0.25) is 0 Å². The smallest absolute Gasteiger partial charge is 0.164 e. The summed E-state index contributed by atoms with van der Waals surface area (Å²) in [6.07, 6.45) is 8.27. The summed E-state index contributed by atoms with van der Waals surface area (Å²) < 4.78 is 1.96. The third kappa shape index (κ3) is 5.84. The van der Waals surface area contributed by atoms with Crippen LogP contribution in [0, 0.1) is 6.92 Å². The molecule has 5 aromatic heterocycles. The zero-order valence-corrected chi connectivity index (χ0v) is 24.3. The molecule has 7 rings (SSSR count). The van der Waals surface area contributed by atoms with Crippen molar-refractivity contribution in [2.24, 2.45) is 0 Å². The normalized spacial score (nSPS) is 10.8. The molecule has 0 aliphatic carbocycles. The lowest BCUT2D eigenvalue weighted by atomic mass is 10.1. The van der Waals surface area contributed by atoms with Crippen molar-refractivity contribution in [3.63, 3.8) is 0 Å². The Balaban J connectivity index is 0.000000220. The van der Waals surface area contributed by atoms with Crippen LogP contribution in [0.2, 0.25) is 0 Å². The Bertz CT molecular complexity index is 2070. The zero-order chi connectivity index (χ0) is 30.5. The number of aryl methyl sites for hydroxylation is 1. The van der Waals surface area contributed by atoms with E-state index in [1.165, 1.54) is 5.39 Å². The molecule has 216 valence electrons. The molecular weight excluding hydrogens is 548 g/mol. The standard InChI is InChI=1S/C24H18N6O.C11H12N2/c25-22-20(4-2-11-27-22)23-29-21-13-18(17-3-1-10-26-14-17)15-28-24(21)30(23)19-7-5-16(6-8-19)9-12-31;1-8-3-4-9-7-10(12-2)5-6-11(9)13-8/h1-8,10-15H,9H2,(H2,25,27);3-7,12H,1-2H3. The number of carbonyl (C=O) groups excluding carboxylic acids is 1. The molecule has 5 heterocycles. The van der Waals surface area contributed by atoms with E-state index in [2.05, 4.69) is 32.4 Å². The molecule has 7 aromatic rings. The van der Waals surface area contributed by atoms with E-state index in [1.807, 2.05) is 97.5 Å². The van der Waals surface area contributed by atoms with Crippen LogP contribution in [0.5, 0.6) is 0 Å². The van der Waals surface area contributed by atoms with Crippen molar-refractivity contribution in [2.75, 3.05) is 18.1 Å². The number of nitrogens with one attached hydrogen (secondary N) is 1. The van der Waals surface area contributed by atoms with Crippen LogP contribution < -0.4 is 11.1 Å². The predicted octanol–water partition coefficient (Wildman–Crippen LogP) is 6.45. The van der Waals surface area contributed by atoms with E-state index in [0.29, 0.717) is 23.7 Å². The molecule has 0 aliphatic heterocycles. The molecule has 0 atom stereocenters. The van der Waals surface area contributed by atoms with Crippen LogP contribution in [-0.2, 0) is 11.2 Å². The lowest BCUT2D eigenvalue weighted by molar-refractivity contribution is -0.107. The van der Waals surface area contributed by atoms with Gasteiger partial charge in [-0.15, -0.1) is 0 Å². The van der Waals surface area contributed by atoms with E-state index >= 15 is 0 Å². The Hall–Kier alpha value is -5.96. The van der Waals surface area contributed by atoms with Gasteiger partial charge in [-0.05, 0) is 73.2 Å². The Kier molecular flexibility index (Phi) is 8.00. The summed E-state index contributed by atoms with van der Waals surface area (Å²) in [4.78, 5) is 33.3. The highest BCUT2D eigenvalue weighted by Crippen LogP contribution is 2.32. The van der Waals surface area contributed by atoms with Crippen LogP contribution in [0.3, 0.4) is 0 Å². The van der Waals surface area contributed by atoms with Crippen LogP contribution >= 0.6 is 0 Å². The fraction of sp³-hybridized carbons (Fsp3) is 0.0857. The molecule has 0 saturated carbocycles. The van der Waals surface area contributed by atoms with Gasteiger partial charge in [-0.3, -0.25) is 14.5 Å². The average Bonchev–Trinajstić information content (AvgIpc) is 3.44. The number of nitrogens with two attached hydrogens (primary N) is 1. The van der Waals surface area contributed by atoms with Gasteiger partial charge in [0, 0.05) is 71.8 Å². The van der Waals surface area contributed by atoms with Crippen LogP contribution in [0.1, 0.15) is 11.3 Å². The van der Waals surface area contributed by atoms with E-state index in [4.69, 9.17) is 15.7 Å². The van der Waals surface area contributed by atoms with Crippen molar-refractivity contribution < 1.29 is 4.79 Å². The summed E-state index contributed by atoms with van der Waals surface area (Å²) in [7, 11) is 1.92. The van der Waals surface area contributed by atoms with Crippen molar-refractivity contribution in [1.82, 2.24) is 29.5 Å². The fourth-order valence-corrected chi connectivity index (χ4v) is 4.95. The van der Waals surface area contributed by atoms with Crippen molar-refractivity contribution >= 4 is 39.9 Å². The third-order valence-corrected chi connectivity index (χ3v) is 7.20. The molecule has 3 N–H and O–H groups in total. The quantitative estimate of drug-likeness (QED) is 0.216. The molecule has 0 fully saturated rings. The van der Waals surface area contributed by atoms with Gasteiger partial charge in [-0.1, -0.05) is 24.3 Å². The highest BCUT2D eigenvalue weighted by molar-refractivity contribution is 5.86. The largest absolute Gasteiger partial charge is 0.388 e. The summed E-state index contributed by atoms with van der Waals surface area (Å²) >= 11 is 0. The molecule has 0 amide bonds. The summed E-state index contributed by atoms with van der Waals surface area (Å²) in [5, 5.41) is 4.28. The first-order valence-electron chi connectivity index (χ1n) is 14.1. The molecular formula is C35H30N8O. The Morgan fingerprint density at radius 1 is 0.841 bits per heavy atom. The van der Waals surface area contributed by atoms with E-state index in [9.17, 15) is 4.79 Å². The van der Waals surface area contributed by atoms with Gasteiger partial charge < -0.3 is 15.8 Å². The fourth-order valence-electron chi connectivity index (χ4n) is 4.95. The number of pyridine rings is 4. The van der Waals surface area contributed by atoms with Gasteiger partial charge in [-0.25, -0.2) is 15.0 Å². The van der Waals surface area contributed by atoms with Gasteiger partial charge in [0.15, 0.2) is 11.5 Å². The number of imidazole rings is 1. The maximum Gasteiger partial charge on any atom is 0.164 e. The van der Waals surface area contributed by atoms with E-state index in [1.54, 1.807) is 18.6 Å². The molecule has 9 heteroatoms. The first-order valence-corrected chi connectivity index (χ1v) is 14.1. The van der Waals surface area contributed by atoms with Gasteiger partial charge in [0.05, 0.1) is 11.1 Å². The summed E-state index contributed by atoms with van der Waals surface area (Å²) in [5.41, 5.74) is 15.3. The minimum absolute atomic E-state index is 0.375. The molecule has 0 radical (unpaired) electrons. The number of hydrogen-bond acceptors (Lipinski definition) is 8. The molecule has 0 bridgehead atoms. The van der Waals surface area contributed by atoms with Crippen LogP contribution in [0.4, 0.5) is 11.5 Å². The number of carbonyl (C=O) groups is 1. The maximum absolute atomic E-state index is 10.8. The number of anilines is 2. The van der Waals surface area contributed by atoms with Crippen LogP contribution in [0.25, 0.3) is 50.3 Å². The minimum Gasteiger partial charge on any atom is -0.388 e. The number of benzene rings is 2. The van der Waals surface area contributed by atoms with E-state index in [-0.39, 0.29) is 0 Å². The van der Waals surface area contributed by atoms with Gasteiger partial charge in [-0.2, -0.15) is 0 Å². The van der Waals surface area contributed by atoms with Crippen molar-refractivity contribution in [3.8, 4) is 28.2 Å². The number of aromatic nitrogens is 6. The van der Waals surface area contributed by atoms with Crippen molar-refractivity contribution in [2.45, 2.75) is 13.3 Å². The lowest BCUT2D eigenvalue weighted by Crippen LogP contribution is -2.02. The Morgan fingerprint density at radius 2 is 1.68 bits per heavy atom. The summed E-state index contributed by atoms with van der Waals surface area (Å²) in [6.45, 7) is 2.01. The first kappa shape index (κ1) is 28.2. The second kappa shape index (κ2) is 12.5. The number of aldehydes is 1. The average molecular weight is 579 g/mol. The number of fused-ring (bicyclic) bond motifs is 2. The molecule has 0 spiro atoms. The van der Waals surface area contributed by atoms with Crippen LogP contribution in [-0.4, -0.2) is 42.8 Å². The predicted molar refractivity (Wildman–Crippen MR) is 176 cm³/mol.